The molecule has 0 amide bonds. The predicted molar refractivity (Wildman–Crippen MR) is 22.6 cm³/mol. The summed E-state index contributed by atoms with van der Waals surface area (Å²) in [5.41, 5.74) is 0. The van der Waals surface area contributed by atoms with Crippen molar-refractivity contribution >= 4 is 22.9 Å². The van der Waals surface area contributed by atoms with Crippen molar-refractivity contribution in [2.45, 2.75) is 0 Å². The highest BCUT2D eigenvalue weighted by Gasteiger charge is 2.03. The molecule has 1 rings (SSSR count). The Balaban J connectivity index is 2.00. The lowest BCUT2D eigenvalue weighted by Gasteiger charge is -2.06. The largest absolute Gasteiger partial charge is 0.468 e. The average molecular weight is 79.4 g/mol. The molecule has 0 spiro atoms. The van der Waals surface area contributed by atoms with E-state index in [1.807, 2.05) is 0 Å². The molecule has 6 heteroatoms. The first-order chi connectivity index (χ1) is 3.00. The van der Waals surface area contributed by atoms with Crippen LogP contribution < -0.4 is 5.14 Å². The molecule has 0 aromatic heterocycles. The molecule has 1 aliphatic heterocycles. The van der Waals surface area contributed by atoms with Crippen LogP contribution in [0.25, 0.3) is 0 Å². The van der Waals surface area contributed by atoms with Crippen LogP contribution in [0.15, 0.2) is 0 Å². The summed E-state index contributed by atoms with van der Waals surface area (Å²) < 4.78 is 8.91. The van der Waals surface area contributed by atoms with Crippen LogP contribution in [0.3, 0.4) is 0 Å². The monoisotopic (exact) mass is 80.0 g/mol. The number of hydrogen-bond acceptors (Lipinski definition) is 3. The summed E-state index contributed by atoms with van der Waals surface area (Å²) in [6, 6.07) is 0. The molecule has 0 bridgehead atoms. The lowest BCUT2D eigenvalue weighted by molar-refractivity contribution is 0.465. The summed E-state index contributed by atoms with van der Waals surface area (Å²) in [7, 11) is 4.03. The molecule has 3 nitrogen and oxygen atoms in total. The van der Waals surface area contributed by atoms with E-state index in [9.17, 15) is 0 Å². The van der Waals surface area contributed by atoms with Crippen LogP contribution in [0.4, 0.5) is 0 Å². The van der Waals surface area contributed by atoms with Gasteiger partial charge in [0.25, 0.3) is 0 Å². The normalized spacial score (nSPS) is 20.0. The van der Waals surface area contributed by atoms with Crippen LogP contribution in [-0.2, 0) is 9.14 Å². The van der Waals surface area contributed by atoms with E-state index in [4.69, 9.17) is 0 Å². The highest BCUT2D eigenvalue weighted by molar-refractivity contribution is 6.55. The smallest absolute Gasteiger partial charge is 0.456 e. The minimum atomic E-state index is 1.22. The van der Waals surface area contributed by atoms with Crippen molar-refractivity contribution in [3.63, 3.8) is 0 Å². The van der Waals surface area contributed by atoms with E-state index in [0.717, 1.165) is 0 Å². The average Bonchev–Trinajstić information content (AvgIpc) is 1.72. The third kappa shape index (κ3) is 1.04. The van der Waals surface area contributed by atoms with Crippen LogP contribution in [0.2, 0.25) is 0 Å². The lowest BCUT2D eigenvalue weighted by Crippen LogP contribution is -2.36. The molecule has 1 fully saturated rings. The van der Waals surface area contributed by atoms with Gasteiger partial charge >= 0.3 is 22.9 Å². The van der Waals surface area contributed by atoms with Crippen LogP contribution in [0.5, 0.6) is 0 Å². The fraction of sp³-hybridized carbons (Fsp3) is 0. The van der Waals surface area contributed by atoms with E-state index < -0.39 is 0 Å². The Labute approximate surface area is 38.3 Å². The van der Waals surface area contributed by atoms with Crippen molar-refractivity contribution in [1.29, 1.82) is 0 Å². The zero-order valence-electron chi connectivity index (χ0n) is 3.05. The molecule has 1 saturated heterocycles. The topological polar surface area (TPSA) is 30.5 Å². The number of rotatable bonds is 0. The maximum Gasteiger partial charge on any atom is 0.456 e. The summed E-state index contributed by atoms with van der Waals surface area (Å²) in [6.07, 6.45) is 0. The molecule has 1 N–H and O–H groups in total. The second-order valence-electron chi connectivity index (χ2n) is 0.771. The molecule has 1 aliphatic rings. The molecule has 0 atom stereocenters. The Hall–Kier alpha value is 0.0748. The Kier molecular flexibility index (Phi) is 1.61. The van der Waals surface area contributed by atoms with Gasteiger partial charge in [0.15, 0.2) is 0 Å². The molecule has 0 unspecified atom stereocenters. The molecule has 0 aromatic carbocycles. The molecule has 1 heterocycles. The first-order valence-corrected chi connectivity index (χ1v) is 1.52. The molecule has 6 heavy (non-hydrogen) atoms. The van der Waals surface area contributed by atoms with Gasteiger partial charge in [-0.3, -0.25) is 0 Å². The van der Waals surface area contributed by atoms with Crippen molar-refractivity contribution in [2.24, 2.45) is 0 Å². The molecule has 3 radical (unpaired) electrons. The second-order valence-corrected chi connectivity index (χ2v) is 0.771. The molecule has 0 aliphatic carbocycles. The van der Waals surface area contributed by atoms with Crippen molar-refractivity contribution in [3.8, 4) is 0 Å². The second kappa shape index (κ2) is 2.28. The molecular formula is HB3NO2. The van der Waals surface area contributed by atoms with E-state index in [1.165, 1.54) is 22.9 Å². The van der Waals surface area contributed by atoms with E-state index >= 15 is 0 Å². The van der Waals surface area contributed by atoms with Crippen LogP contribution in [0, 0.1) is 0 Å². The van der Waals surface area contributed by atoms with E-state index in [-0.39, 0.29) is 0 Å². The van der Waals surface area contributed by atoms with Gasteiger partial charge in [0.2, 0.25) is 0 Å². The van der Waals surface area contributed by atoms with Gasteiger partial charge in [-0.2, -0.15) is 0 Å². The van der Waals surface area contributed by atoms with Crippen LogP contribution in [-0.4, -0.2) is 22.9 Å². The minimum Gasteiger partial charge on any atom is -0.468 e. The maximum absolute atomic E-state index is 4.45. The number of hydrogen-bond donors (Lipinski definition) is 1. The van der Waals surface area contributed by atoms with Gasteiger partial charge in [-0.15, -0.1) is 0 Å². The zero-order valence-corrected chi connectivity index (χ0v) is 3.05. The van der Waals surface area contributed by atoms with Crippen LogP contribution in [0.1, 0.15) is 0 Å². The van der Waals surface area contributed by atoms with Crippen LogP contribution >= 0.6 is 0 Å². The summed E-state index contributed by atoms with van der Waals surface area (Å²) in [5.74, 6) is 0. The predicted octanol–water partition coefficient (Wildman–Crippen LogP) is -1.77. The van der Waals surface area contributed by atoms with E-state index in [1.54, 1.807) is 0 Å². The third-order valence-electron chi connectivity index (χ3n) is 0.383. The fourth-order valence-corrected chi connectivity index (χ4v) is 0.194. The van der Waals surface area contributed by atoms with Gasteiger partial charge in [-0.25, -0.2) is 0 Å². The maximum atomic E-state index is 4.45. The lowest BCUT2D eigenvalue weighted by atomic mass is 10.0. The Morgan fingerprint density at radius 1 is 1.17 bits per heavy atom. The van der Waals surface area contributed by atoms with Crippen molar-refractivity contribution < 1.29 is 9.14 Å². The summed E-state index contributed by atoms with van der Waals surface area (Å²) in [6.45, 7) is 0. The molecule has 0 saturated carbocycles. The van der Waals surface area contributed by atoms with Crippen molar-refractivity contribution in [2.75, 3.05) is 0 Å². The Morgan fingerprint density at radius 3 is 2.00 bits per heavy atom. The van der Waals surface area contributed by atoms with Gasteiger partial charge in [-0.05, 0) is 0 Å². The molecular weight excluding hydrogens is 78.4 g/mol. The Bertz CT molecular complexity index is 24.3. The van der Waals surface area contributed by atoms with Gasteiger partial charge in [0.05, 0.1) is 0 Å². The SMILES string of the molecule is [B]1N[B]O[B]O1. The third-order valence-corrected chi connectivity index (χ3v) is 0.383. The van der Waals surface area contributed by atoms with Crippen molar-refractivity contribution in [3.05, 3.63) is 0 Å². The zero-order chi connectivity index (χ0) is 4.24. The van der Waals surface area contributed by atoms with Gasteiger partial charge in [0.1, 0.15) is 0 Å². The summed E-state index contributed by atoms with van der Waals surface area (Å²) in [5, 5.41) is 2.56. The number of nitrogens with one attached hydrogen (secondary N) is 1. The molecule has 0 aromatic rings. The highest BCUT2D eigenvalue weighted by Crippen LogP contribution is 1.70. The summed E-state index contributed by atoms with van der Waals surface area (Å²) >= 11 is 0. The van der Waals surface area contributed by atoms with Gasteiger partial charge < -0.3 is 14.3 Å². The summed E-state index contributed by atoms with van der Waals surface area (Å²) in [4.78, 5) is 0. The van der Waals surface area contributed by atoms with Gasteiger partial charge in [-0.1, -0.05) is 0 Å². The Morgan fingerprint density at radius 2 is 1.83 bits per heavy atom. The van der Waals surface area contributed by atoms with Crippen molar-refractivity contribution in [1.82, 2.24) is 5.14 Å². The molecule has 27 valence electrons. The first-order valence-electron chi connectivity index (χ1n) is 1.52. The highest BCUT2D eigenvalue weighted by atomic mass is 16.6. The fourth-order valence-electron chi connectivity index (χ4n) is 0.194. The van der Waals surface area contributed by atoms with E-state index in [0.29, 0.717) is 0 Å². The minimum absolute atomic E-state index is 1.22. The standard InChI is InChI=1S/B3HNO2/c1-4-2-6-3-5-1/h4H. The van der Waals surface area contributed by atoms with Gasteiger partial charge in [0, 0.05) is 0 Å². The quantitative estimate of drug-likeness (QED) is 0.349. The van der Waals surface area contributed by atoms with E-state index in [2.05, 4.69) is 14.3 Å². The first kappa shape index (κ1) is 4.24.